The highest BCUT2D eigenvalue weighted by Gasteiger charge is 2.42. The van der Waals surface area contributed by atoms with Crippen LogP contribution in [0, 0.1) is 11.8 Å². The van der Waals surface area contributed by atoms with Crippen LogP contribution in [0.5, 0.6) is 17.2 Å². The van der Waals surface area contributed by atoms with Gasteiger partial charge in [0.2, 0.25) is 0 Å². The van der Waals surface area contributed by atoms with Crippen LogP contribution in [0.4, 0.5) is 0 Å². The Balaban J connectivity index is 1.29. The number of aromatic hydroxyl groups is 1. The first kappa shape index (κ1) is 17.8. The Morgan fingerprint density at radius 3 is 2.59 bits per heavy atom. The van der Waals surface area contributed by atoms with Crippen LogP contribution in [0.2, 0.25) is 0 Å². The molecule has 2 aliphatic rings. The number of Topliss-reactive ketones (excluding diaryl/α,β-unsaturated/α-hetero) is 1. The minimum Gasteiger partial charge on any atom is -0.506 e. The fourth-order valence-electron chi connectivity index (χ4n) is 4.27. The molecule has 2 aromatic rings. The van der Waals surface area contributed by atoms with Gasteiger partial charge in [-0.25, -0.2) is 4.98 Å². The van der Waals surface area contributed by atoms with Gasteiger partial charge in [-0.3, -0.25) is 9.69 Å². The minimum absolute atomic E-state index is 0.000783. The third kappa shape index (κ3) is 4.06. The van der Waals surface area contributed by atoms with Crippen molar-refractivity contribution in [2.75, 3.05) is 26.7 Å². The lowest BCUT2D eigenvalue weighted by Crippen LogP contribution is -2.30. The summed E-state index contributed by atoms with van der Waals surface area (Å²) >= 11 is 0. The summed E-state index contributed by atoms with van der Waals surface area (Å²) < 4.78 is 11.4. The van der Waals surface area contributed by atoms with Crippen LogP contribution in [0.15, 0.2) is 42.6 Å². The van der Waals surface area contributed by atoms with Crippen molar-refractivity contribution in [3.05, 3.63) is 48.3 Å². The van der Waals surface area contributed by atoms with E-state index in [1.54, 1.807) is 13.2 Å². The monoisotopic (exact) mass is 368 g/mol. The number of pyridine rings is 1. The van der Waals surface area contributed by atoms with E-state index in [-0.39, 0.29) is 17.6 Å². The van der Waals surface area contributed by atoms with E-state index in [9.17, 15) is 9.90 Å². The van der Waals surface area contributed by atoms with E-state index in [4.69, 9.17) is 9.47 Å². The van der Waals surface area contributed by atoms with Crippen LogP contribution in [-0.4, -0.2) is 53.6 Å². The molecule has 1 aromatic carbocycles. The summed E-state index contributed by atoms with van der Waals surface area (Å²) in [6.07, 6.45) is 3.57. The van der Waals surface area contributed by atoms with Crippen LogP contribution < -0.4 is 9.47 Å². The number of methoxy groups -OCH3 is 1. The Hall–Kier alpha value is -2.60. The summed E-state index contributed by atoms with van der Waals surface area (Å²) in [5, 5.41) is 9.29. The molecule has 1 aliphatic heterocycles. The molecule has 2 heterocycles. The Bertz CT molecular complexity index is 794. The van der Waals surface area contributed by atoms with Gasteiger partial charge in [-0.15, -0.1) is 0 Å². The molecule has 1 N–H and O–H groups in total. The quantitative estimate of drug-likeness (QED) is 0.791. The number of rotatable bonds is 6. The number of aromatic nitrogens is 1. The SMILES string of the molecule is COc1cccc(O[C@@H]2C[C@@H]3CN(CC(=O)c4ccc(O)cn4)C[C@@H]3C2)c1. The molecular weight excluding hydrogens is 344 g/mol. The maximum absolute atomic E-state index is 12.4. The van der Waals surface area contributed by atoms with Crippen LogP contribution in [0.25, 0.3) is 0 Å². The third-order valence-electron chi connectivity index (χ3n) is 5.53. The molecule has 2 fully saturated rings. The van der Waals surface area contributed by atoms with Gasteiger partial charge in [0.15, 0.2) is 5.78 Å². The average molecular weight is 368 g/mol. The zero-order valence-corrected chi connectivity index (χ0v) is 15.4. The smallest absolute Gasteiger partial charge is 0.195 e. The first-order valence-corrected chi connectivity index (χ1v) is 9.32. The van der Waals surface area contributed by atoms with Gasteiger partial charge in [0, 0.05) is 19.2 Å². The van der Waals surface area contributed by atoms with Gasteiger partial charge >= 0.3 is 0 Å². The average Bonchev–Trinajstić information content (AvgIpc) is 3.20. The molecule has 4 rings (SSSR count). The van der Waals surface area contributed by atoms with Crippen LogP contribution >= 0.6 is 0 Å². The van der Waals surface area contributed by atoms with Crippen molar-refractivity contribution in [2.24, 2.45) is 11.8 Å². The number of fused-ring (bicyclic) bond motifs is 1. The van der Waals surface area contributed by atoms with Gasteiger partial charge in [-0.2, -0.15) is 0 Å². The number of benzene rings is 1. The number of ketones is 1. The Morgan fingerprint density at radius 1 is 1.19 bits per heavy atom. The topological polar surface area (TPSA) is 71.9 Å². The molecule has 6 nitrogen and oxygen atoms in total. The van der Waals surface area contributed by atoms with E-state index in [0.717, 1.165) is 37.4 Å². The van der Waals surface area contributed by atoms with Crippen molar-refractivity contribution in [3.63, 3.8) is 0 Å². The predicted molar refractivity (Wildman–Crippen MR) is 100 cm³/mol. The second-order valence-corrected chi connectivity index (χ2v) is 7.43. The Morgan fingerprint density at radius 2 is 1.93 bits per heavy atom. The van der Waals surface area contributed by atoms with Crippen molar-refractivity contribution in [2.45, 2.75) is 18.9 Å². The molecule has 0 radical (unpaired) electrons. The lowest BCUT2D eigenvalue weighted by molar-refractivity contribution is 0.0932. The van der Waals surface area contributed by atoms with Gasteiger partial charge in [-0.1, -0.05) is 6.07 Å². The zero-order chi connectivity index (χ0) is 18.8. The molecule has 0 unspecified atom stereocenters. The number of hydrogen-bond donors (Lipinski definition) is 1. The van der Waals surface area contributed by atoms with Crippen LogP contribution in [0.3, 0.4) is 0 Å². The largest absolute Gasteiger partial charge is 0.506 e. The molecule has 1 saturated carbocycles. The Kier molecular flexibility index (Phi) is 4.99. The molecule has 0 spiro atoms. The molecule has 0 bridgehead atoms. The maximum Gasteiger partial charge on any atom is 0.195 e. The highest BCUT2D eigenvalue weighted by atomic mass is 16.5. The van der Waals surface area contributed by atoms with E-state index in [1.807, 2.05) is 24.3 Å². The van der Waals surface area contributed by atoms with Gasteiger partial charge in [0.25, 0.3) is 0 Å². The first-order valence-electron chi connectivity index (χ1n) is 9.32. The molecule has 1 aliphatic carbocycles. The second kappa shape index (κ2) is 7.56. The summed E-state index contributed by atoms with van der Waals surface area (Å²) in [4.78, 5) is 18.6. The van der Waals surface area contributed by atoms with Gasteiger partial charge in [0.05, 0.1) is 26.0 Å². The van der Waals surface area contributed by atoms with Crippen LogP contribution in [0.1, 0.15) is 23.3 Å². The number of carbonyl (C=O) groups excluding carboxylic acids is 1. The molecular formula is C21H24N2O4. The molecule has 0 amide bonds. The summed E-state index contributed by atoms with van der Waals surface area (Å²) in [6.45, 7) is 2.23. The van der Waals surface area contributed by atoms with Crippen molar-refractivity contribution < 1.29 is 19.4 Å². The van der Waals surface area contributed by atoms with E-state index >= 15 is 0 Å². The fourth-order valence-corrected chi connectivity index (χ4v) is 4.27. The molecule has 6 heteroatoms. The number of likely N-dealkylation sites (tertiary alicyclic amines) is 1. The van der Waals surface area contributed by atoms with E-state index < -0.39 is 0 Å². The number of carbonyl (C=O) groups is 1. The summed E-state index contributed by atoms with van der Waals surface area (Å²) in [6, 6.07) is 10.8. The second-order valence-electron chi connectivity index (χ2n) is 7.43. The minimum atomic E-state index is -0.000783. The Labute approximate surface area is 158 Å². The third-order valence-corrected chi connectivity index (χ3v) is 5.53. The summed E-state index contributed by atoms with van der Waals surface area (Å²) in [7, 11) is 1.66. The normalized spacial score (nSPS) is 24.6. The number of ether oxygens (including phenoxy) is 2. The molecule has 142 valence electrons. The van der Waals surface area contributed by atoms with E-state index in [2.05, 4.69) is 9.88 Å². The lowest BCUT2D eigenvalue weighted by atomic mass is 10.0. The van der Waals surface area contributed by atoms with E-state index in [1.165, 1.54) is 12.3 Å². The predicted octanol–water partition coefficient (Wildman–Crippen LogP) is 2.77. The molecule has 1 saturated heterocycles. The van der Waals surface area contributed by atoms with Crippen LogP contribution in [-0.2, 0) is 0 Å². The molecule has 1 aromatic heterocycles. The van der Waals surface area contributed by atoms with Crippen molar-refractivity contribution in [1.29, 1.82) is 0 Å². The van der Waals surface area contributed by atoms with Gasteiger partial charge in [-0.05, 0) is 48.9 Å². The van der Waals surface area contributed by atoms with Crippen molar-refractivity contribution >= 4 is 5.78 Å². The number of hydrogen-bond acceptors (Lipinski definition) is 6. The van der Waals surface area contributed by atoms with Gasteiger partial charge in [0.1, 0.15) is 22.9 Å². The maximum atomic E-state index is 12.4. The highest BCUT2D eigenvalue weighted by Crippen LogP contribution is 2.40. The summed E-state index contributed by atoms with van der Waals surface area (Å²) in [5.74, 6) is 2.87. The van der Waals surface area contributed by atoms with Crippen molar-refractivity contribution in [3.8, 4) is 17.2 Å². The number of nitrogens with zero attached hydrogens (tertiary/aromatic N) is 2. The molecule has 27 heavy (non-hydrogen) atoms. The van der Waals surface area contributed by atoms with Crippen molar-refractivity contribution in [1.82, 2.24) is 9.88 Å². The lowest BCUT2D eigenvalue weighted by Gasteiger charge is -2.19. The molecule has 3 atom stereocenters. The highest BCUT2D eigenvalue weighted by molar-refractivity contribution is 5.95. The first-order chi connectivity index (χ1) is 13.1. The zero-order valence-electron chi connectivity index (χ0n) is 15.4. The summed E-state index contributed by atoms with van der Waals surface area (Å²) in [5.41, 5.74) is 0.407. The fraction of sp³-hybridized carbons (Fsp3) is 0.429. The standard InChI is InChI=1S/C21H24N2O4/c1-26-17-3-2-4-18(9-17)27-19-7-14-11-23(12-15(14)8-19)13-21(25)20-6-5-16(24)10-22-20/h2-6,9-10,14-15,19,24H,7-8,11-13H2,1H3/t14-,15+,19-. The van der Waals surface area contributed by atoms with E-state index in [0.29, 0.717) is 24.1 Å². The van der Waals surface area contributed by atoms with Gasteiger partial charge < -0.3 is 14.6 Å².